The predicted molar refractivity (Wildman–Crippen MR) is 140 cm³/mol. The highest BCUT2D eigenvalue weighted by atomic mass is 16.5. The van der Waals surface area contributed by atoms with Crippen molar-refractivity contribution in [2.24, 2.45) is 11.8 Å². The average molecular weight is 507 g/mol. The van der Waals surface area contributed by atoms with Gasteiger partial charge in [0.15, 0.2) is 0 Å². The van der Waals surface area contributed by atoms with Crippen LogP contribution in [0.2, 0.25) is 0 Å². The number of hydrogen-bond donors (Lipinski definition) is 0. The molecule has 3 aliphatic heterocycles. The van der Waals surface area contributed by atoms with Gasteiger partial charge in [-0.2, -0.15) is 5.26 Å². The van der Waals surface area contributed by atoms with E-state index in [1.54, 1.807) is 18.2 Å². The van der Waals surface area contributed by atoms with Crippen molar-refractivity contribution in [3.63, 3.8) is 0 Å². The fourth-order valence-electron chi connectivity index (χ4n) is 6.49. The zero-order chi connectivity index (χ0) is 26.5. The first-order chi connectivity index (χ1) is 18.4. The molecule has 3 aromatic rings. The summed E-state index contributed by atoms with van der Waals surface area (Å²) in [5.41, 5.74) is 0.254. The Morgan fingerprint density at radius 1 is 1.03 bits per heavy atom. The van der Waals surface area contributed by atoms with Crippen molar-refractivity contribution in [1.82, 2.24) is 0 Å². The van der Waals surface area contributed by atoms with Crippen molar-refractivity contribution < 1.29 is 23.9 Å². The molecule has 0 aromatic heterocycles. The molecule has 0 N–H and O–H groups in total. The van der Waals surface area contributed by atoms with E-state index in [2.05, 4.69) is 6.07 Å². The first-order valence-electron chi connectivity index (χ1n) is 12.7. The van der Waals surface area contributed by atoms with Gasteiger partial charge in [0.05, 0.1) is 40.4 Å². The zero-order valence-corrected chi connectivity index (χ0v) is 20.9. The van der Waals surface area contributed by atoms with E-state index < -0.39 is 29.0 Å². The Morgan fingerprint density at radius 2 is 1.74 bits per heavy atom. The molecule has 3 heterocycles. The molecule has 3 aliphatic rings. The third-order valence-corrected chi connectivity index (χ3v) is 8.22. The minimum Gasteiger partial charge on any atom is -0.458 e. The molecule has 38 heavy (non-hydrogen) atoms. The van der Waals surface area contributed by atoms with Crippen molar-refractivity contribution in [2.45, 2.75) is 44.0 Å². The number of rotatable bonds is 6. The Bertz CT molecular complexity index is 1540. The zero-order valence-electron chi connectivity index (χ0n) is 20.9. The van der Waals surface area contributed by atoms with Gasteiger partial charge in [-0.3, -0.25) is 9.59 Å². The molecule has 2 amide bonds. The van der Waals surface area contributed by atoms with Crippen molar-refractivity contribution in [3.05, 3.63) is 90.0 Å². The second kappa shape index (κ2) is 8.93. The van der Waals surface area contributed by atoms with Crippen molar-refractivity contribution in [3.8, 4) is 6.07 Å². The number of carbonyl (C=O) groups excluding carboxylic acids is 3. The number of benzene rings is 3. The smallest absolute Gasteiger partial charge is 0.330 e. The number of nitrogens with zero attached hydrogens (tertiary/aromatic N) is 2. The molecule has 3 saturated heterocycles. The van der Waals surface area contributed by atoms with Gasteiger partial charge >= 0.3 is 5.97 Å². The maximum absolute atomic E-state index is 13.9. The number of fused-ring (bicyclic) bond motifs is 6. The molecular weight excluding hydrogens is 480 g/mol. The van der Waals surface area contributed by atoms with Crippen LogP contribution in [0.15, 0.2) is 78.9 Å². The molecule has 190 valence electrons. The molecule has 2 bridgehead atoms. The number of carbonyl (C=O) groups is 3. The highest BCUT2D eigenvalue weighted by Crippen LogP contribution is 2.62. The number of ether oxygens (including phenoxy) is 2. The van der Waals surface area contributed by atoms with Gasteiger partial charge in [-0.05, 0) is 43.9 Å². The fourth-order valence-corrected chi connectivity index (χ4v) is 6.49. The van der Waals surface area contributed by atoms with Gasteiger partial charge in [0.25, 0.3) is 0 Å². The monoisotopic (exact) mass is 506 g/mol. The van der Waals surface area contributed by atoms with Crippen LogP contribution in [-0.4, -0.2) is 29.0 Å². The quantitative estimate of drug-likeness (QED) is 0.270. The Balaban J connectivity index is 1.26. The average Bonchev–Trinajstić information content (AvgIpc) is 3.51. The van der Waals surface area contributed by atoms with Crippen LogP contribution < -0.4 is 4.90 Å². The van der Waals surface area contributed by atoms with Crippen LogP contribution in [0, 0.1) is 23.2 Å². The van der Waals surface area contributed by atoms with E-state index in [1.165, 1.54) is 11.0 Å². The first kappa shape index (κ1) is 24.1. The molecule has 4 atom stereocenters. The summed E-state index contributed by atoms with van der Waals surface area (Å²) in [4.78, 5) is 41.3. The van der Waals surface area contributed by atoms with Gasteiger partial charge in [0.2, 0.25) is 11.8 Å². The molecule has 0 aliphatic carbocycles. The number of imide groups is 1. The lowest BCUT2D eigenvalue weighted by molar-refractivity contribution is -0.139. The standard InChI is InChI=1S/C31H26N2O5/c1-30-16-17-31(38-30,15-7-12-25(34)37-19-20-8-3-2-4-9-20)27-26(30)28(35)33(29(27)36)24-14-13-21(18-32)22-10-5-6-11-23(22)24/h2-14,26-27H,15-17,19H2,1H3. The summed E-state index contributed by atoms with van der Waals surface area (Å²) in [5.74, 6) is -2.28. The van der Waals surface area contributed by atoms with E-state index in [-0.39, 0.29) is 18.4 Å². The van der Waals surface area contributed by atoms with Crippen LogP contribution in [0.1, 0.15) is 37.3 Å². The van der Waals surface area contributed by atoms with Gasteiger partial charge in [-0.15, -0.1) is 0 Å². The molecule has 3 aromatic carbocycles. The SMILES string of the molecule is CC12CCC(CC=CC(=O)OCc3ccccc3)(O1)C1C(=O)N(c3ccc(C#N)c4ccccc34)C(=O)C12. The third kappa shape index (κ3) is 3.64. The molecule has 0 saturated carbocycles. The number of nitriles is 1. The molecular formula is C31H26N2O5. The lowest BCUT2D eigenvalue weighted by Gasteiger charge is -2.30. The van der Waals surface area contributed by atoms with Crippen LogP contribution >= 0.6 is 0 Å². The summed E-state index contributed by atoms with van der Waals surface area (Å²) in [6.45, 7) is 2.08. The Hall–Kier alpha value is -4.28. The Kier molecular flexibility index (Phi) is 5.66. The molecule has 4 unspecified atom stereocenters. The largest absolute Gasteiger partial charge is 0.458 e. The van der Waals surface area contributed by atoms with E-state index >= 15 is 0 Å². The predicted octanol–water partition coefficient (Wildman–Crippen LogP) is 4.83. The van der Waals surface area contributed by atoms with Crippen molar-refractivity contribution >= 4 is 34.2 Å². The summed E-state index contributed by atoms with van der Waals surface area (Å²) in [7, 11) is 0. The molecule has 7 nitrogen and oxygen atoms in total. The maximum atomic E-state index is 13.9. The molecule has 3 fully saturated rings. The Labute approximate surface area is 220 Å². The number of anilines is 1. The molecule has 6 rings (SSSR count). The molecule has 0 radical (unpaired) electrons. The lowest BCUT2D eigenvalue weighted by Crippen LogP contribution is -2.41. The minimum atomic E-state index is -0.862. The Morgan fingerprint density at radius 3 is 2.50 bits per heavy atom. The van der Waals surface area contributed by atoms with Gasteiger partial charge < -0.3 is 9.47 Å². The van der Waals surface area contributed by atoms with E-state index in [0.29, 0.717) is 41.3 Å². The second-order valence-electron chi connectivity index (χ2n) is 10.4. The lowest BCUT2D eigenvalue weighted by atomic mass is 9.67. The van der Waals surface area contributed by atoms with Crippen molar-refractivity contribution in [2.75, 3.05) is 4.90 Å². The van der Waals surface area contributed by atoms with Gasteiger partial charge in [0.1, 0.15) is 6.61 Å². The van der Waals surface area contributed by atoms with E-state index in [0.717, 1.165) is 5.56 Å². The number of hydrogen-bond acceptors (Lipinski definition) is 6. The van der Waals surface area contributed by atoms with Crippen LogP contribution in [-0.2, 0) is 30.5 Å². The normalized spacial score (nSPS) is 27.7. The topological polar surface area (TPSA) is 96.7 Å². The number of amides is 2. The van der Waals surface area contributed by atoms with E-state index in [4.69, 9.17) is 9.47 Å². The van der Waals surface area contributed by atoms with Gasteiger partial charge in [-0.25, -0.2) is 9.69 Å². The minimum absolute atomic E-state index is 0.176. The molecule has 7 heteroatoms. The third-order valence-electron chi connectivity index (χ3n) is 8.22. The summed E-state index contributed by atoms with van der Waals surface area (Å²) in [5, 5.41) is 10.9. The number of esters is 1. The summed E-state index contributed by atoms with van der Waals surface area (Å²) in [6.07, 6.45) is 4.66. The van der Waals surface area contributed by atoms with Crippen LogP contribution in [0.3, 0.4) is 0 Å². The summed E-state index contributed by atoms with van der Waals surface area (Å²) >= 11 is 0. The van der Waals surface area contributed by atoms with Crippen molar-refractivity contribution in [1.29, 1.82) is 5.26 Å². The van der Waals surface area contributed by atoms with E-state index in [1.807, 2.05) is 61.5 Å². The van der Waals surface area contributed by atoms with Crippen LogP contribution in [0.5, 0.6) is 0 Å². The maximum Gasteiger partial charge on any atom is 0.330 e. The van der Waals surface area contributed by atoms with Gasteiger partial charge in [-0.1, -0.05) is 60.7 Å². The second-order valence-corrected chi connectivity index (χ2v) is 10.4. The van der Waals surface area contributed by atoms with Crippen LogP contribution in [0.25, 0.3) is 10.8 Å². The first-order valence-corrected chi connectivity index (χ1v) is 12.7. The van der Waals surface area contributed by atoms with Gasteiger partial charge in [0, 0.05) is 16.8 Å². The fraction of sp³-hybridized carbons (Fsp3) is 0.290. The molecule has 0 spiro atoms. The highest BCUT2D eigenvalue weighted by Gasteiger charge is 2.73. The summed E-state index contributed by atoms with van der Waals surface area (Å²) in [6, 6.07) is 22.2. The summed E-state index contributed by atoms with van der Waals surface area (Å²) < 4.78 is 11.8. The van der Waals surface area contributed by atoms with Crippen LogP contribution in [0.4, 0.5) is 5.69 Å². The van der Waals surface area contributed by atoms with E-state index in [9.17, 15) is 19.6 Å². The highest BCUT2D eigenvalue weighted by molar-refractivity contribution is 6.26.